The zero-order valence-corrected chi connectivity index (χ0v) is 17.6. The number of imidazole rings is 1. The van der Waals surface area contributed by atoms with E-state index in [1.54, 1.807) is 10.8 Å². The Hall–Kier alpha value is -3.68. The Bertz CT molecular complexity index is 1340. The molecule has 4 heterocycles. The lowest BCUT2D eigenvalue weighted by atomic mass is 10.0. The molecular formula is C24H24N6O2. The highest BCUT2D eigenvalue weighted by Crippen LogP contribution is 2.33. The second-order valence-corrected chi connectivity index (χ2v) is 8.85. The van der Waals surface area contributed by atoms with Gasteiger partial charge in [0.1, 0.15) is 11.5 Å². The van der Waals surface area contributed by atoms with Crippen LogP contribution in [0.1, 0.15) is 25.1 Å². The highest BCUT2D eigenvalue weighted by Gasteiger charge is 2.36. The van der Waals surface area contributed by atoms with Gasteiger partial charge < -0.3 is 9.30 Å². The number of nitrogens with zero attached hydrogens (tertiary/aromatic N) is 5. The first-order valence-electron chi connectivity index (χ1n) is 11.1. The zero-order valence-electron chi connectivity index (χ0n) is 17.6. The van der Waals surface area contributed by atoms with Crippen molar-refractivity contribution in [1.29, 1.82) is 0 Å². The van der Waals surface area contributed by atoms with Gasteiger partial charge in [-0.3, -0.25) is 4.79 Å². The Morgan fingerprint density at radius 3 is 2.72 bits per heavy atom. The van der Waals surface area contributed by atoms with Crippen LogP contribution in [0, 0.1) is 11.8 Å². The van der Waals surface area contributed by atoms with E-state index in [-0.39, 0.29) is 11.6 Å². The summed E-state index contributed by atoms with van der Waals surface area (Å²) in [5.74, 6) is 1.60. The molecule has 162 valence electrons. The normalized spacial score (nSPS) is 18.5. The molecule has 1 N–H and O–H groups in total. The van der Waals surface area contributed by atoms with Crippen molar-refractivity contribution in [2.24, 2.45) is 11.8 Å². The summed E-state index contributed by atoms with van der Waals surface area (Å²) in [6.45, 7) is 1.57. The summed E-state index contributed by atoms with van der Waals surface area (Å²) in [7, 11) is 0. The number of hydrogen-bond acceptors (Lipinski definition) is 4. The van der Waals surface area contributed by atoms with Crippen molar-refractivity contribution in [1.82, 2.24) is 29.0 Å². The highest BCUT2D eigenvalue weighted by molar-refractivity contribution is 5.81. The third-order valence-electron chi connectivity index (χ3n) is 6.59. The number of benzene rings is 1. The lowest BCUT2D eigenvalue weighted by Gasteiger charge is -2.16. The minimum absolute atomic E-state index is 0.240. The van der Waals surface area contributed by atoms with Crippen molar-refractivity contribution in [3.05, 3.63) is 71.3 Å². The van der Waals surface area contributed by atoms with E-state index in [0.717, 1.165) is 54.8 Å². The predicted molar refractivity (Wildman–Crippen MR) is 119 cm³/mol. The summed E-state index contributed by atoms with van der Waals surface area (Å²) in [6, 6.07) is 12.0. The Morgan fingerprint density at radius 2 is 1.91 bits per heavy atom. The van der Waals surface area contributed by atoms with Crippen molar-refractivity contribution in [2.75, 3.05) is 13.1 Å². The molecule has 0 radical (unpaired) electrons. The lowest BCUT2D eigenvalue weighted by molar-refractivity contribution is -0.131. The monoisotopic (exact) mass is 428 g/mol. The van der Waals surface area contributed by atoms with Crippen LogP contribution in [-0.4, -0.2) is 48.0 Å². The number of aromatic amines is 1. The van der Waals surface area contributed by atoms with Crippen LogP contribution in [0.4, 0.5) is 0 Å². The molecule has 2 fully saturated rings. The fraction of sp³-hybridized carbons (Fsp3) is 0.333. The topological polar surface area (TPSA) is 88.3 Å². The largest absolute Gasteiger partial charge is 0.347 e. The maximum absolute atomic E-state index is 12.5. The fourth-order valence-electron chi connectivity index (χ4n) is 4.67. The van der Waals surface area contributed by atoms with Crippen LogP contribution in [-0.2, 0) is 11.2 Å². The minimum Gasteiger partial charge on any atom is -0.342 e. The molecule has 1 atom stereocenters. The summed E-state index contributed by atoms with van der Waals surface area (Å²) >= 11 is 0. The first-order chi connectivity index (χ1) is 15.7. The molecule has 1 aromatic carbocycles. The van der Waals surface area contributed by atoms with E-state index < -0.39 is 0 Å². The van der Waals surface area contributed by atoms with Gasteiger partial charge >= 0.3 is 5.69 Å². The number of fused-ring (bicyclic) bond motifs is 1. The molecule has 3 aromatic heterocycles. The van der Waals surface area contributed by atoms with Gasteiger partial charge in [-0.1, -0.05) is 12.1 Å². The predicted octanol–water partition coefficient (Wildman–Crippen LogP) is 2.68. The number of likely N-dealkylation sites (tertiary alicyclic amines) is 1. The van der Waals surface area contributed by atoms with Gasteiger partial charge in [-0.15, -0.1) is 0 Å². The van der Waals surface area contributed by atoms with Crippen LogP contribution in [0.5, 0.6) is 0 Å². The molecule has 1 amide bonds. The molecule has 1 aliphatic carbocycles. The van der Waals surface area contributed by atoms with Gasteiger partial charge in [0.05, 0.1) is 5.69 Å². The Labute approximate surface area is 184 Å². The number of amides is 1. The second kappa shape index (κ2) is 7.47. The van der Waals surface area contributed by atoms with Crippen LogP contribution in [0.2, 0.25) is 0 Å². The van der Waals surface area contributed by atoms with Crippen molar-refractivity contribution in [3.63, 3.8) is 0 Å². The van der Waals surface area contributed by atoms with Gasteiger partial charge in [0.15, 0.2) is 0 Å². The highest BCUT2D eigenvalue weighted by atomic mass is 16.2. The van der Waals surface area contributed by atoms with E-state index in [2.05, 4.69) is 15.2 Å². The molecule has 8 heteroatoms. The van der Waals surface area contributed by atoms with Crippen molar-refractivity contribution in [3.8, 4) is 16.8 Å². The molecule has 1 aliphatic heterocycles. The quantitative estimate of drug-likeness (QED) is 0.529. The number of aromatic nitrogens is 5. The molecule has 4 aromatic rings. The maximum atomic E-state index is 12.5. The molecule has 1 saturated carbocycles. The minimum atomic E-state index is -0.240. The molecule has 32 heavy (non-hydrogen) atoms. The zero-order chi connectivity index (χ0) is 21.7. The van der Waals surface area contributed by atoms with Gasteiger partial charge in [0.25, 0.3) is 0 Å². The summed E-state index contributed by atoms with van der Waals surface area (Å²) in [4.78, 5) is 31.2. The van der Waals surface area contributed by atoms with Crippen molar-refractivity contribution in [2.45, 2.75) is 25.7 Å². The van der Waals surface area contributed by atoms with Gasteiger partial charge in [-0.25, -0.2) is 19.4 Å². The van der Waals surface area contributed by atoms with Crippen LogP contribution in [0.15, 0.2) is 59.8 Å². The van der Waals surface area contributed by atoms with E-state index >= 15 is 0 Å². The number of carbonyl (C=O) groups excluding carboxylic acids is 1. The lowest BCUT2D eigenvalue weighted by Crippen LogP contribution is -2.30. The first-order valence-corrected chi connectivity index (χ1v) is 11.1. The Balaban J connectivity index is 1.22. The summed E-state index contributed by atoms with van der Waals surface area (Å²) < 4.78 is 3.62. The molecule has 6 rings (SSSR count). The number of hydrogen-bond donors (Lipinski definition) is 1. The first kappa shape index (κ1) is 19.0. The number of nitrogens with one attached hydrogen (secondary N) is 1. The SMILES string of the molecule is O=C(C1CC1)N1CCC(Cc2n[nH]c(=O)n2-c2ccc(-c3ccn4ccnc4c3)cc2)C1. The van der Waals surface area contributed by atoms with E-state index in [1.165, 1.54) is 0 Å². The van der Waals surface area contributed by atoms with Crippen molar-refractivity contribution >= 4 is 11.6 Å². The third-order valence-corrected chi connectivity index (χ3v) is 6.59. The van der Waals surface area contributed by atoms with Gasteiger partial charge in [-0.2, -0.15) is 5.10 Å². The average molecular weight is 428 g/mol. The molecule has 8 nitrogen and oxygen atoms in total. The smallest absolute Gasteiger partial charge is 0.342 e. The van der Waals surface area contributed by atoms with E-state index in [9.17, 15) is 9.59 Å². The van der Waals surface area contributed by atoms with Gasteiger partial charge in [0.2, 0.25) is 5.91 Å². The van der Waals surface area contributed by atoms with Crippen molar-refractivity contribution < 1.29 is 4.79 Å². The van der Waals surface area contributed by atoms with Crippen LogP contribution >= 0.6 is 0 Å². The summed E-state index contributed by atoms with van der Waals surface area (Å²) in [5.41, 5.74) is 3.57. The summed E-state index contributed by atoms with van der Waals surface area (Å²) in [6.07, 6.45) is 9.37. The van der Waals surface area contributed by atoms with Gasteiger partial charge in [0, 0.05) is 44.0 Å². The standard InChI is InChI=1S/C24H24N6O2/c31-23(18-1-2-18)29-10-7-16(15-29)13-22-26-27-24(32)30(22)20-5-3-17(4-6-20)19-8-11-28-12-9-25-21(28)14-19/h3-6,8-9,11-12,14,16,18H,1-2,7,10,13,15H2,(H,27,32). The van der Waals surface area contributed by atoms with Gasteiger partial charge in [-0.05, 0) is 60.6 Å². The van der Waals surface area contributed by atoms with Crippen LogP contribution < -0.4 is 5.69 Å². The second-order valence-electron chi connectivity index (χ2n) is 8.85. The molecule has 0 bridgehead atoms. The molecule has 2 aliphatic rings. The summed E-state index contributed by atoms with van der Waals surface area (Å²) in [5, 5.41) is 6.89. The van der Waals surface area contributed by atoms with E-state index in [4.69, 9.17) is 0 Å². The third kappa shape index (κ3) is 3.41. The van der Waals surface area contributed by atoms with E-state index in [1.807, 2.05) is 58.1 Å². The number of H-pyrrole nitrogens is 1. The fourth-order valence-corrected chi connectivity index (χ4v) is 4.67. The number of carbonyl (C=O) groups is 1. The molecule has 0 spiro atoms. The van der Waals surface area contributed by atoms with Crippen LogP contribution in [0.25, 0.3) is 22.5 Å². The molecular weight excluding hydrogens is 404 g/mol. The Kier molecular flexibility index (Phi) is 4.45. The van der Waals surface area contributed by atoms with Crippen LogP contribution in [0.3, 0.4) is 0 Å². The maximum Gasteiger partial charge on any atom is 0.347 e. The average Bonchev–Trinajstić information content (AvgIpc) is 3.20. The molecule has 1 unspecified atom stereocenters. The van der Waals surface area contributed by atoms with E-state index in [0.29, 0.717) is 24.1 Å². The Morgan fingerprint density at radius 1 is 1.06 bits per heavy atom. The number of rotatable bonds is 5. The molecule has 1 saturated heterocycles. The number of pyridine rings is 1.